The van der Waals surface area contributed by atoms with Gasteiger partial charge in [0.25, 0.3) is 0 Å². The number of methoxy groups -OCH3 is 1. The Hall–Kier alpha value is -1.50. The van der Waals surface area contributed by atoms with Crippen LogP contribution < -0.4 is 10.5 Å². The molecule has 2 aromatic carbocycles. The van der Waals surface area contributed by atoms with Crippen LogP contribution in [0, 0.1) is 0 Å². The number of nitrogens with zero attached hydrogens (tertiary/aromatic N) is 2. The summed E-state index contributed by atoms with van der Waals surface area (Å²) in [4.78, 5) is 0. The number of thioether (sulfide) groups is 1. The van der Waals surface area contributed by atoms with Gasteiger partial charge in [-0.3, -0.25) is 0 Å². The third-order valence-electron chi connectivity index (χ3n) is 2.87. The molecule has 0 radical (unpaired) electrons. The molecule has 0 saturated heterocycles. The second-order valence-corrected chi connectivity index (χ2v) is 6.69. The van der Waals surface area contributed by atoms with Crippen molar-refractivity contribution in [1.82, 2.24) is 0 Å². The minimum Gasteiger partial charge on any atom is -0.495 e. The SMILES string of the molecule is COc1c(Br)ccc(Cl)c1C=NN=C(N)SCc1ccccc1. The zero-order chi connectivity index (χ0) is 16.7. The largest absolute Gasteiger partial charge is 0.495 e. The lowest BCUT2D eigenvalue weighted by Gasteiger charge is -2.07. The maximum absolute atomic E-state index is 6.16. The van der Waals surface area contributed by atoms with Crippen LogP contribution in [-0.4, -0.2) is 18.5 Å². The van der Waals surface area contributed by atoms with Crippen LogP contribution >= 0.6 is 39.3 Å². The quantitative estimate of drug-likeness (QED) is 0.440. The van der Waals surface area contributed by atoms with Crippen molar-refractivity contribution in [3.8, 4) is 5.75 Å². The molecule has 0 spiro atoms. The lowest BCUT2D eigenvalue weighted by atomic mass is 10.2. The summed E-state index contributed by atoms with van der Waals surface area (Å²) in [5.41, 5.74) is 7.67. The molecule has 0 aromatic heterocycles. The lowest BCUT2D eigenvalue weighted by molar-refractivity contribution is 0.411. The number of rotatable bonds is 5. The van der Waals surface area contributed by atoms with Crippen molar-refractivity contribution in [3.05, 3.63) is 63.1 Å². The van der Waals surface area contributed by atoms with E-state index in [9.17, 15) is 0 Å². The average molecular weight is 413 g/mol. The molecule has 0 atom stereocenters. The van der Waals surface area contributed by atoms with Crippen LogP contribution in [0.15, 0.2) is 57.1 Å². The summed E-state index contributed by atoms with van der Waals surface area (Å²) in [5, 5.41) is 8.89. The minimum atomic E-state index is 0.384. The molecule has 0 saturated carbocycles. The Morgan fingerprint density at radius 2 is 2.04 bits per heavy atom. The normalized spacial score (nSPS) is 11.9. The standard InChI is InChI=1S/C16H15BrClN3OS/c1-22-15-12(14(18)8-7-13(15)17)9-20-21-16(19)23-10-11-5-3-2-4-6-11/h2-9H,10H2,1H3,(H2,19,21). The first-order valence-electron chi connectivity index (χ1n) is 6.67. The van der Waals surface area contributed by atoms with Crippen LogP contribution in [-0.2, 0) is 5.75 Å². The highest BCUT2D eigenvalue weighted by atomic mass is 79.9. The van der Waals surface area contributed by atoms with Gasteiger partial charge in [-0.1, -0.05) is 53.7 Å². The summed E-state index contributed by atoms with van der Waals surface area (Å²) in [7, 11) is 1.57. The Balaban J connectivity index is 2.04. The topological polar surface area (TPSA) is 60.0 Å². The molecular weight excluding hydrogens is 398 g/mol. The first kappa shape index (κ1) is 17.8. The van der Waals surface area contributed by atoms with Gasteiger partial charge >= 0.3 is 0 Å². The molecule has 4 nitrogen and oxygen atoms in total. The third kappa shape index (κ3) is 5.27. The van der Waals surface area contributed by atoms with Gasteiger partial charge in [-0.2, -0.15) is 5.10 Å². The fraction of sp³-hybridized carbons (Fsp3) is 0.125. The van der Waals surface area contributed by atoms with E-state index in [4.69, 9.17) is 22.1 Å². The summed E-state index contributed by atoms with van der Waals surface area (Å²) in [6.45, 7) is 0. The number of benzene rings is 2. The fourth-order valence-corrected chi connectivity index (χ4v) is 3.10. The summed E-state index contributed by atoms with van der Waals surface area (Å²) in [6, 6.07) is 13.6. The van der Waals surface area contributed by atoms with Gasteiger partial charge < -0.3 is 10.5 Å². The van der Waals surface area contributed by atoms with Crippen LogP contribution in [0.4, 0.5) is 0 Å². The van der Waals surface area contributed by atoms with E-state index >= 15 is 0 Å². The Kier molecular flexibility index (Phi) is 6.95. The van der Waals surface area contributed by atoms with Gasteiger partial charge in [-0.15, -0.1) is 5.10 Å². The molecule has 0 aliphatic carbocycles. The van der Waals surface area contributed by atoms with E-state index in [2.05, 4.69) is 26.1 Å². The molecule has 0 aliphatic heterocycles. The van der Waals surface area contributed by atoms with E-state index in [-0.39, 0.29) is 0 Å². The van der Waals surface area contributed by atoms with Crippen molar-refractivity contribution in [1.29, 1.82) is 0 Å². The van der Waals surface area contributed by atoms with Crippen LogP contribution in [0.5, 0.6) is 5.75 Å². The van der Waals surface area contributed by atoms with E-state index in [0.29, 0.717) is 21.5 Å². The third-order valence-corrected chi connectivity index (χ3v) is 4.68. The molecule has 120 valence electrons. The van der Waals surface area contributed by atoms with Crippen molar-refractivity contribution in [3.63, 3.8) is 0 Å². The van der Waals surface area contributed by atoms with Crippen LogP contribution in [0.1, 0.15) is 11.1 Å². The number of nitrogens with two attached hydrogens (primary N) is 1. The monoisotopic (exact) mass is 411 g/mol. The number of hydrogen-bond acceptors (Lipinski definition) is 4. The first-order chi connectivity index (χ1) is 11.1. The molecule has 0 amide bonds. The number of amidine groups is 1. The Bertz CT molecular complexity index is 723. The van der Waals surface area contributed by atoms with Gasteiger partial charge in [0, 0.05) is 5.75 Å². The first-order valence-corrected chi connectivity index (χ1v) is 8.82. The van der Waals surface area contributed by atoms with Crippen molar-refractivity contribution < 1.29 is 4.74 Å². The molecule has 0 aliphatic rings. The smallest absolute Gasteiger partial charge is 0.180 e. The Labute approximate surface area is 152 Å². The van der Waals surface area contributed by atoms with E-state index in [1.54, 1.807) is 13.2 Å². The highest BCUT2D eigenvalue weighted by Gasteiger charge is 2.09. The number of hydrogen-bond donors (Lipinski definition) is 1. The molecule has 23 heavy (non-hydrogen) atoms. The molecule has 2 N–H and O–H groups in total. The van der Waals surface area contributed by atoms with Gasteiger partial charge in [-0.05, 0) is 33.6 Å². The second-order valence-electron chi connectivity index (χ2n) is 4.43. The summed E-state index contributed by atoms with van der Waals surface area (Å²) in [6.07, 6.45) is 1.53. The second kappa shape index (κ2) is 8.96. The zero-order valence-corrected chi connectivity index (χ0v) is 15.5. The molecule has 7 heteroatoms. The van der Waals surface area contributed by atoms with Crippen LogP contribution in [0.2, 0.25) is 5.02 Å². The predicted molar refractivity (Wildman–Crippen MR) is 103 cm³/mol. The summed E-state index contributed by atoms with van der Waals surface area (Å²) < 4.78 is 6.11. The molecule has 0 unspecified atom stereocenters. The van der Waals surface area contributed by atoms with Gasteiger partial charge in [0.1, 0.15) is 5.75 Å². The van der Waals surface area contributed by atoms with Gasteiger partial charge in [0.05, 0.1) is 28.4 Å². The minimum absolute atomic E-state index is 0.384. The highest BCUT2D eigenvalue weighted by molar-refractivity contribution is 9.10. The highest BCUT2D eigenvalue weighted by Crippen LogP contribution is 2.32. The fourth-order valence-electron chi connectivity index (χ4n) is 1.78. The molecule has 0 bridgehead atoms. The molecule has 2 aromatic rings. The maximum atomic E-state index is 6.16. The van der Waals surface area contributed by atoms with E-state index in [1.807, 2.05) is 36.4 Å². The molecule has 0 heterocycles. The zero-order valence-electron chi connectivity index (χ0n) is 12.4. The van der Waals surface area contributed by atoms with E-state index < -0.39 is 0 Å². The number of halogens is 2. The summed E-state index contributed by atoms with van der Waals surface area (Å²) >= 11 is 11.0. The van der Waals surface area contributed by atoms with Gasteiger partial charge in [0.15, 0.2) is 5.17 Å². The average Bonchev–Trinajstić information content (AvgIpc) is 2.57. The Morgan fingerprint density at radius 1 is 1.30 bits per heavy atom. The van der Waals surface area contributed by atoms with E-state index in [1.165, 1.54) is 23.5 Å². The van der Waals surface area contributed by atoms with Crippen LogP contribution in [0.3, 0.4) is 0 Å². The summed E-state index contributed by atoms with van der Waals surface area (Å²) in [5.74, 6) is 1.35. The predicted octanol–water partition coefficient (Wildman–Crippen LogP) is 4.69. The van der Waals surface area contributed by atoms with Crippen molar-refractivity contribution in [2.24, 2.45) is 15.9 Å². The van der Waals surface area contributed by atoms with Crippen molar-refractivity contribution in [2.45, 2.75) is 5.75 Å². The van der Waals surface area contributed by atoms with Crippen molar-refractivity contribution in [2.75, 3.05) is 7.11 Å². The van der Waals surface area contributed by atoms with Gasteiger partial charge in [-0.25, -0.2) is 0 Å². The maximum Gasteiger partial charge on any atom is 0.180 e. The lowest BCUT2D eigenvalue weighted by Crippen LogP contribution is -2.06. The molecule has 2 rings (SSSR count). The van der Waals surface area contributed by atoms with E-state index in [0.717, 1.165) is 10.2 Å². The van der Waals surface area contributed by atoms with Crippen LogP contribution in [0.25, 0.3) is 0 Å². The number of ether oxygens (including phenoxy) is 1. The molecular formula is C16H15BrClN3OS. The van der Waals surface area contributed by atoms with Gasteiger partial charge in [0.2, 0.25) is 0 Å². The molecule has 0 fully saturated rings. The Morgan fingerprint density at radius 3 is 2.74 bits per heavy atom. The van der Waals surface area contributed by atoms with Crippen molar-refractivity contribution >= 4 is 50.7 Å².